The standard InChI is InChI=1S/C19H19F3N2O3/c20-19(21,22)14-5-3-13(4-6-14)12-24(15-7-8-15)17(25)9-10-23-18(26)16-2-1-11-27-16/h1-6,11,15H,7-10,12H2,(H,23,26). The first-order chi connectivity index (χ1) is 12.8. The molecule has 0 unspecified atom stereocenters. The molecule has 1 aliphatic carbocycles. The Kier molecular flexibility index (Phi) is 5.53. The van der Waals surface area contributed by atoms with Crippen LogP contribution >= 0.6 is 0 Å². The van der Waals surface area contributed by atoms with Crippen LogP contribution in [0.15, 0.2) is 47.1 Å². The van der Waals surface area contributed by atoms with Gasteiger partial charge in [0.1, 0.15) is 0 Å². The number of alkyl halides is 3. The smallest absolute Gasteiger partial charge is 0.416 e. The summed E-state index contributed by atoms with van der Waals surface area (Å²) in [5.74, 6) is -0.364. The first-order valence-corrected chi connectivity index (χ1v) is 8.62. The Labute approximate surface area is 154 Å². The monoisotopic (exact) mass is 380 g/mol. The van der Waals surface area contributed by atoms with E-state index < -0.39 is 17.6 Å². The van der Waals surface area contributed by atoms with E-state index in [2.05, 4.69) is 5.32 Å². The topological polar surface area (TPSA) is 62.6 Å². The van der Waals surface area contributed by atoms with E-state index in [0.29, 0.717) is 5.56 Å². The van der Waals surface area contributed by atoms with Crippen LogP contribution in [0, 0.1) is 0 Å². The molecule has 27 heavy (non-hydrogen) atoms. The molecule has 0 spiro atoms. The van der Waals surface area contributed by atoms with Gasteiger partial charge in [-0.25, -0.2) is 0 Å². The minimum atomic E-state index is -4.38. The second-order valence-electron chi connectivity index (χ2n) is 6.43. The number of carbonyl (C=O) groups excluding carboxylic acids is 2. The van der Waals surface area contributed by atoms with E-state index in [1.807, 2.05) is 0 Å². The molecule has 1 heterocycles. The van der Waals surface area contributed by atoms with E-state index in [1.54, 1.807) is 11.0 Å². The predicted octanol–water partition coefficient (Wildman–Crippen LogP) is 3.61. The van der Waals surface area contributed by atoms with Crippen molar-refractivity contribution in [2.24, 2.45) is 0 Å². The van der Waals surface area contributed by atoms with Crippen molar-refractivity contribution in [3.8, 4) is 0 Å². The number of hydrogen-bond donors (Lipinski definition) is 1. The van der Waals surface area contributed by atoms with Crippen LogP contribution in [0.2, 0.25) is 0 Å². The number of carbonyl (C=O) groups is 2. The second-order valence-corrected chi connectivity index (χ2v) is 6.43. The van der Waals surface area contributed by atoms with Gasteiger partial charge in [0.05, 0.1) is 11.8 Å². The average molecular weight is 380 g/mol. The van der Waals surface area contributed by atoms with Crippen LogP contribution < -0.4 is 5.32 Å². The Morgan fingerprint density at radius 1 is 1.15 bits per heavy atom. The maximum atomic E-state index is 12.6. The van der Waals surface area contributed by atoms with Crippen molar-refractivity contribution < 1.29 is 27.2 Å². The Hall–Kier alpha value is -2.77. The van der Waals surface area contributed by atoms with Crippen molar-refractivity contribution in [1.82, 2.24) is 10.2 Å². The number of furan rings is 1. The highest BCUT2D eigenvalue weighted by molar-refractivity contribution is 5.91. The summed E-state index contributed by atoms with van der Waals surface area (Å²) in [4.78, 5) is 25.9. The van der Waals surface area contributed by atoms with Crippen molar-refractivity contribution >= 4 is 11.8 Å². The third-order valence-electron chi connectivity index (χ3n) is 4.31. The zero-order valence-corrected chi connectivity index (χ0v) is 14.5. The fourth-order valence-electron chi connectivity index (χ4n) is 2.72. The van der Waals surface area contributed by atoms with Gasteiger partial charge in [-0.05, 0) is 42.7 Å². The van der Waals surface area contributed by atoms with E-state index in [-0.39, 0.29) is 37.2 Å². The molecular formula is C19H19F3N2O3. The average Bonchev–Trinajstić information content (AvgIpc) is 3.31. The number of nitrogens with one attached hydrogen (secondary N) is 1. The predicted molar refractivity (Wildman–Crippen MR) is 90.7 cm³/mol. The van der Waals surface area contributed by atoms with Crippen LogP contribution in [0.25, 0.3) is 0 Å². The van der Waals surface area contributed by atoms with Crippen LogP contribution in [0.3, 0.4) is 0 Å². The lowest BCUT2D eigenvalue weighted by Gasteiger charge is -2.23. The maximum Gasteiger partial charge on any atom is 0.416 e. The highest BCUT2D eigenvalue weighted by atomic mass is 19.4. The molecule has 0 saturated heterocycles. The highest BCUT2D eigenvalue weighted by Crippen LogP contribution is 2.31. The third-order valence-corrected chi connectivity index (χ3v) is 4.31. The largest absolute Gasteiger partial charge is 0.459 e. The lowest BCUT2D eigenvalue weighted by Crippen LogP contribution is -2.35. The van der Waals surface area contributed by atoms with Gasteiger partial charge < -0.3 is 14.6 Å². The lowest BCUT2D eigenvalue weighted by molar-refractivity contribution is -0.137. The van der Waals surface area contributed by atoms with Crippen molar-refractivity contribution in [2.75, 3.05) is 6.54 Å². The number of halogens is 3. The van der Waals surface area contributed by atoms with Crippen molar-refractivity contribution in [1.29, 1.82) is 0 Å². The van der Waals surface area contributed by atoms with Crippen molar-refractivity contribution in [3.05, 3.63) is 59.5 Å². The van der Waals surface area contributed by atoms with E-state index in [4.69, 9.17) is 4.42 Å². The SMILES string of the molecule is O=C(NCCC(=O)N(Cc1ccc(C(F)(F)F)cc1)C1CC1)c1ccco1. The first-order valence-electron chi connectivity index (χ1n) is 8.62. The van der Waals surface area contributed by atoms with Crippen LogP contribution in [0.5, 0.6) is 0 Å². The van der Waals surface area contributed by atoms with E-state index in [1.165, 1.54) is 24.5 Å². The fourth-order valence-corrected chi connectivity index (χ4v) is 2.72. The Bertz CT molecular complexity index is 782. The van der Waals surface area contributed by atoms with Crippen molar-refractivity contribution in [3.63, 3.8) is 0 Å². The maximum absolute atomic E-state index is 12.6. The van der Waals surface area contributed by atoms with Gasteiger partial charge in [0.25, 0.3) is 5.91 Å². The molecule has 1 fully saturated rings. The van der Waals surface area contributed by atoms with Crippen LogP contribution in [0.4, 0.5) is 13.2 Å². The molecule has 3 rings (SSSR count). The van der Waals surface area contributed by atoms with E-state index in [0.717, 1.165) is 25.0 Å². The fraction of sp³-hybridized carbons (Fsp3) is 0.368. The van der Waals surface area contributed by atoms with Gasteiger partial charge in [-0.1, -0.05) is 12.1 Å². The molecule has 0 atom stereocenters. The molecule has 1 aromatic heterocycles. The van der Waals surface area contributed by atoms with Crippen molar-refractivity contribution in [2.45, 2.75) is 38.0 Å². The molecular weight excluding hydrogens is 361 g/mol. The molecule has 1 aromatic carbocycles. The summed E-state index contributed by atoms with van der Waals surface area (Å²) in [6.07, 6.45) is -1.12. The van der Waals surface area contributed by atoms with Gasteiger partial charge in [-0.3, -0.25) is 9.59 Å². The quantitative estimate of drug-likeness (QED) is 0.798. The number of amides is 2. The number of nitrogens with zero attached hydrogens (tertiary/aromatic N) is 1. The van der Waals surface area contributed by atoms with Gasteiger partial charge >= 0.3 is 6.18 Å². The van der Waals surface area contributed by atoms with E-state index in [9.17, 15) is 22.8 Å². The van der Waals surface area contributed by atoms with Crippen LogP contribution in [-0.2, 0) is 17.5 Å². The van der Waals surface area contributed by atoms with Gasteiger partial charge in [0.15, 0.2) is 5.76 Å². The van der Waals surface area contributed by atoms with E-state index >= 15 is 0 Å². The molecule has 144 valence electrons. The normalized spacial score (nSPS) is 14.0. The molecule has 2 aromatic rings. The third kappa shape index (κ3) is 5.12. The second kappa shape index (κ2) is 7.85. The number of rotatable bonds is 7. The zero-order chi connectivity index (χ0) is 19.4. The minimum absolute atomic E-state index is 0.112. The Morgan fingerprint density at radius 3 is 2.41 bits per heavy atom. The van der Waals surface area contributed by atoms with Crippen LogP contribution in [-0.4, -0.2) is 29.3 Å². The molecule has 8 heteroatoms. The molecule has 0 aliphatic heterocycles. The summed E-state index contributed by atoms with van der Waals surface area (Å²) in [5, 5.41) is 2.61. The van der Waals surface area contributed by atoms with Gasteiger partial charge in [-0.15, -0.1) is 0 Å². The summed E-state index contributed by atoms with van der Waals surface area (Å²) in [6.45, 7) is 0.419. The Morgan fingerprint density at radius 2 is 1.85 bits per heavy atom. The molecule has 2 amide bonds. The summed E-state index contributed by atoms with van der Waals surface area (Å²) < 4.78 is 42.9. The summed E-state index contributed by atoms with van der Waals surface area (Å²) in [5.41, 5.74) is -0.0703. The number of hydrogen-bond acceptors (Lipinski definition) is 3. The van der Waals surface area contributed by atoms with Gasteiger partial charge in [0.2, 0.25) is 5.91 Å². The molecule has 0 bridgehead atoms. The zero-order valence-electron chi connectivity index (χ0n) is 14.5. The molecule has 1 saturated carbocycles. The molecule has 1 aliphatic rings. The summed E-state index contributed by atoms with van der Waals surface area (Å²) in [6, 6.07) is 8.06. The lowest BCUT2D eigenvalue weighted by atomic mass is 10.1. The minimum Gasteiger partial charge on any atom is -0.459 e. The summed E-state index contributed by atoms with van der Waals surface area (Å²) >= 11 is 0. The number of benzene rings is 1. The Balaban J connectivity index is 1.54. The molecule has 5 nitrogen and oxygen atoms in total. The summed E-state index contributed by atoms with van der Waals surface area (Å²) in [7, 11) is 0. The highest BCUT2D eigenvalue weighted by Gasteiger charge is 2.33. The first kappa shape index (κ1) is 19.0. The molecule has 1 N–H and O–H groups in total. The van der Waals surface area contributed by atoms with Gasteiger partial charge in [-0.2, -0.15) is 13.2 Å². The van der Waals surface area contributed by atoms with Crippen LogP contribution in [0.1, 0.15) is 40.9 Å². The molecule has 0 radical (unpaired) electrons. The van der Waals surface area contributed by atoms with Gasteiger partial charge in [0, 0.05) is 25.6 Å².